The summed E-state index contributed by atoms with van der Waals surface area (Å²) in [5, 5.41) is 19.7. The second-order valence-corrected chi connectivity index (χ2v) is 5.38. The van der Waals surface area contributed by atoms with Gasteiger partial charge in [-0.3, -0.25) is 10.1 Å². The lowest BCUT2D eigenvalue weighted by molar-refractivity contribution is -0.386. The second kappa shape index (κ2) is 6.67. The summed E-state index contributed by atoms with van der Waals surface area (Å²) in [6.45, 7) is 0. The largest absolute Gasteiger partial charge is 0.497 e. The van der Waals surface area contributed by atoms with Gasteiger partial charge in [-0.1, -0.05) is 17.3 Å². The lowest BCUT2D eigenvalue weighted by Crippen LogP contribution is -2.07. The predicted molar refractivity (Wildman–Crippen MR) is 94.2 cm³/mol. The smallest absolute Gasteiger partial charge is 0.375 e. The molecule has 2 aromatic carbocycles. The minimum absolute atomic E-state index is 0.0350. The summed E-state index contributed by atoms with van der Waals surface area (Å²) in [7, 11) is 1.54. The maximum absolute atomic E-state index is 11.7. The molecule has 27 heavy (non-hydrogen) atoms. The molecular weight excluding hydrogens is 352 g/mol. The number of nitro groups is 1. The Kier molecular flexibility index (Phi) is 4.05. The number of benzene rings is 2. The number of methoxy groups -OCH3 is 1. The Balaban J connectivity index is 1.81. The van der Waals surface area contributed by atoms with Crippen LogP contribution in [0.3, 0.4) is 0 Å². The van der Waals surface area contributed by atoms with E-state index in [0.717, 1.165) is 0 Å². The van der Waals surface area contributed by atoms with E-state index in [4.69, 9.17) is 9.47 Å². The lowest BCUT2D eigenvalue weighted by Gasteiger charge is -2.08. The van der Waals surface area contributed by atoms with E-state index in [1.165, 1.54) is 11.0 Å². The van der Waals surface area contributed by atoms with Gasteiger partial charge in [-0.15, -0.1) is 5.10 Å². The van der Waals surface area contributed by atoms with Gasteiger partial charge in [0.25, 0.3) is 0 Å². The molecule has 0 spiro atoms. The van der Waals surface area contributed by atoms with E-state index < -0.39 is 10.6 Å². The van der Waals surface area contributed by atoms with Crippen LogP contribution < -0.4 is 9.47 Å². The predicted octanol–water partition coefficient (Wildman–Crippen LogP) is 2.92. The summed E-state index contributed by atoms with van der Waals surface area (Å²) in [5.41, 5.74) is 0.752. The third-order valence-electron chi connectivity index (χ3n) is 3.78. The van der Waals surface area contributed by atoms with E-state index in [0.29, 0.717) is 22.5 Å². The molecule has 134 valence electrons. The van der Waals surface area contributed by atoms with Gasteiger partial charge in [0.05, 0.1) is 17.5 Å². The fourth-order valence-electron chi connectivity index (χ4n) is 2.52. The minimum atomic E-state index is -0.607. The van der Waals surface area contributed by atoms with Crippen molar-refractivity contribution in [2.24, 2.45) is 0 Å². The van der Waals surface area contributed by atoms with Crippen LogP contribution in [0.25, 0.3) is 16.9 Å². The fourth-order valence-corrected chi connectivity index (χ4v) is 2.52. The molecule has 2 heterocycles. The molecule has 0 saturated heterocycles. The minimum Gasteiger partial charge on any atom is -0.497 e. The molecule has 0 radical (unpaired) electrons. The highest BCUT2D eigenvalue weighted by atomic mass is 16.6. The van der Waals surface area contributed by atoms with Crippen molar-refractivity contribution in [1.29, 1.82) is 0 Å². The molecule has 10 heteroatoms. The number of hydrogen-bond donors (Lipinski definition) is 0. The van der Waals surface area contributed by atoms with Crippen molar-refractivity contribution in [3.8, 4) is 23.2 Å². The average molecular weight is 364 g/mol. The number of fused-ring (bicyclic) bond motifs is 1. The standard InChI is InChI=1S/C17H12N6O4/c1-26-11-6-8-12(9-7-11)27-17-15(23(24)25)16(18-10-19-17)22-14-5-3-2-4-13(14)20-21-22/h2-10H,1H3. The first-order valence-corrected chi connectivity index (χ1v) is 7.79. The molecule has 2 aromatic heterocycles. The van der Waals surface area contributed by atoms with Crippen molar-refractivity contribution >= 4 is 16.7 Å². The van der Waals surface area contributed by atoms with E-state index in [-0.39, 0.29) is 11.7 Å². The first-order chi connectivity index (χ1) is 13.2. The number of ether oxygens (including phenoxy) is 2. The zero-order chi connectivity index (χ0) is 18.8. The van der Waals surface area contributed by atoms with Crippen molar-refractivity contribution in [2.45, 2.75) is 0 Å². The summed E-state index contributed by atoms with van der Waals surface area (Å²) in [6, 6.07) is 13.7. The Morgan fingerprint density at radius 1 is 1.04 bits per heavy atom. The highest BCUT2D eigenvalue weighted by Gasteiger charge is 2.28. The quantitative estimate of drug-likeness (QED) is 0.392. The van der Waals surface area contributed by atoms with Gasteiger partial charge in [-0.2, -0.15) is 9.67 Å². The van der Waals surface area contributed by atoms with Crippen LogP contribution in [0.1, 0.15) is 0 Å². The monoisotopic (exact) mass is 364 g/mol. The molecule has 0 amide bonds. The van der Waals surface area contributed by atoms with Crippen LogP contribution in [-0.4, -0.2) is 37.0 Å². The van der Waals surface area contributed by atoms with Crippen molar-refractivity contribution in [1.82, 2.24) is 25.0 Å². The van der Waals surface area contributed by atoms with Crippen LogP contribution in [0.4, 0.5) is 5.69 Å². The average Bonchev–Trinajstić information content (AvgIpc) is 3.12. The summed E-state index contributed by atoms with van der Waals surface area (Å²) in [6.07, 6.45) is 1.18. The Morgan fingerprint density at radius 2 is 1.78 bits per heavy atom. The lowest BCUT2D eigenvalue weighted by atomic mass is 10.3. The fraction of sp³-hybridized carbons (Fsp3) is 0.0588. The van der Waals surface area contributed by atoms with Crippen LogP contribution in [-0.2, 0) is 0 Å². The van der Waals surface area contributed by atoms with Crippen LogP contribution in [0.2, 0.25) is 0 Å². The third-order valence-corrected chi connectivity index (χ3v) is 3.78. The Hall–Kier alpha value is -4.08. The Morgan fingerprint density at radius 3 is 2.52 bits per heavy atom. The maximum atomic E-state index is 11.7. The highest BCUT2D eigenvalue weighted by molar-refractivity contribution is 5.76. The molecule has 10 nitrogen and oxygen atoms in total. The normalized spacial score (nSPS) is 10.7. The topological polar surface area (TPSA) is 118 Å². The van der Waals surface area contributed by atoms with Crippen LogP contribution >= 0.6 is 0 Å². The van der Waals surface area contributed by atoms with Gasteiger partial charge < -0.3 is 9.47 Å². The van der Waals surface area contributed by atoms with Gasteiger partial charge in [-0.05, 0) is 36.4 Å². The molecule has 0 aliphatic heterocycles. The molecule has 0 aliphatic carbocycles. The molecule has 4 rings (SSSR count). The number of hydrogen-bond acceptors (Lipinski definition) is 8. The van der Waals surface area contributed by atoms with Gasteiger partial charge in [0.2, 0.25) is 5.82 Å². The van der Waals surface area contributed by atoms with Gasteiger partial charge in [0.15, 0.2) is 0 Å². The zero-order valence-corrected chi connectivity index (χ0v) is 14.0. The van der Waals surface area contributed by atoms with E-state index in [2.05, 4.69) is 20.3 Å². The van der Waals surface area contributed by atoms with Crippen molar-refractivity contribution in [2.75, 3.05) is 7.11 Å². The van der Waals surface area contributed by atoms with Crippen LogP contribution in [0.5, 0.6) is 17.4 Å². The summed E-state index contributed by atoms with van der Waals surface area (Å²) in [5.74, 6) is 0.767. The van der Waals surface area contributed by atoms with Crippen molar-refractivity contribution < 1.29 is 14.4 Å². The molecule has 0 aliphatic rings. The van der Waals surface area contributed by atoms with Gasteiger partial charge in [-0.25, -0.2) is 4.98 Å². The molecule has 0 unspecified atom stereocenters. The highest BCUT2D eigenvalue weighted by Crippen LogP contribution is 2.34. The van der Waals surface area contributed by atoms with E-state index in [1.807, 2.05) is 0 Å². The molecule has 0 N–H and O–H groups in total. The van der Waals surface area contributed by atoms with Crippen molar-refractivity contribution in [3.63, 3.8) is 0 Å². The van der Waals surface area contributed by atoms with Gasteiger partial charge >= 0.3 is 11.6 Å². The van der Waals surface area contributed by atoms with E-state index >= 15 is 0 Å². The molecule has 0 atom stereocenters. The zero-order valence-electron chi connectivity index (χ0n) is 14.0. The number of aromatic nitrogens is 5. The first-order valence-electron chi connectivity index (χ1n) is 7.79. The number of para-hydroxylation sites is 1. The van der Waals surface area contributed by atoms with Crippen LogP contribution in [0.15, 0.2) is 54.9 Å². The SMILES string of the molecule is COc1ccc(Oc2ncnc(-n3nnc4ccccc43)c2[N+](=O)[O-])cc1. The van der Waals surface area contributed by atoms with Crippen LogP contribution in [0, 0.1) is 10.1 Å². The third kappa shape index (κ3) is 2.99. The molecule has 0 bridgehead atoms. The molecule has 0 fully saturated rings. The Labute approximate surface area is 152 Å². The summed E-state index contributed by atoms with van der Waals surface area (Å²) < 4.78 is 12.0. The van der Waals surface area contributed by atoms with E-state index in [9.17, 15) is 10.1 Å². The number of nitrogens with zero attached hydrogens (tertiary/aromatic N) is 6. The Bertz CT molecular complexity index is 1130. The maximum Gasteiger partial charge on any atom is 0.375 e. The molecule has 0 saturated carbocycles. The van der Waals surface area contributed by atoms with Crippen molar-refractivity contribution in [3.05, 3.63) is 65.0 Å². The van der Waals surface area contributed by atoms with Gasteiger partial charge in [0.1, 0.15) is 23.3 Å². The summed E-state index contributed by atoms with van der Waals surface area (Å²) >= 11 is 0. The molecule has 4 aromatic rings. The molecular formula is C17H12N6O4. The van der Waals surface area contributed by atoms with Gasteiger partial charge in [0, 0.05) is 0 Å². The summed E-state index contributed by atoms with van der Waals surface area (Å²) in [4.78, 5) is 19.1. The first kappa shape index (κ1) is 16.4. The van der Waals surface area contributed by atoms with E-state index in [1.54, 1.807) is 55.6 Å². The number of rotatable bonds is 5. The second-order valence-electron chi connectivity index (χ2n) is 5.38.